The zero-order valence-electron chi connectivity index (χ0n) is 15.3. The van der Waals surface area contributed by atoms with E-state index in [9.17, 15) is 22.0 Å². The molecule has 0 radical (unpaired) electrons. The largest absolute Gasteiger partial charge is 0.355 e. The van der Waals surface area contributed by atoms with E-state index >= 15 is 0 Å². The van der Waals surface area contributed by atoms with Crippen molar-refractivity contribution in [1.29, 1.82) is 0 Å². The molecule has 0 saturated carbocycles. The van der Waals surface area contributed by atoms with Gasteiger partial charge in [-0.3, -0.25) is 4.79 Å². The van der Waals surface area contributed by atoms with Crippen LogP contribution in [0.3, 0.4) is 0 Å². The van der Waals surface area contributed by atoms with Gasteiger partial charge in [0.15, 0.2) is 0 Å². The van der Waals surface area contributed by atoms with E-state index in [2.05, 4.69) is 5.32 Å². The van der Waals surface area contributed by atoms with Crippen LogP contribution in [0, 0.1) is 17.6 Å². The molecule has 3 rings (SSSR count). The average Bonchev–Trinajstić information content (AvgIpc) is 2.68. The average molecular weight is 408 g/mol. The molecule has 2 aromatic carbocycles. The highest BCUT2D eigenvalue weighted by atomic mass is 32.2. The molecule has 0 aromatic heterocycles. The van der Waals surface area contributed by atoms with Crippen LogP contribution < -0.4 is 5.32 Å². The van der Waals surface area contributed by atoms with E-state index in [1.54, 1.807) is 12.1 Å². The molecule has 0 bridgehead atoms. The zero-order valence-corrected chi connectivity index (χ0v) is 16.1. The summed E-state index contributed by atoms with van der Waals surface area (Å²) in [5, 5.41) is 2.81. The number of carbonyl (C=O) groups is 1. The smallest absolute Gasteiger partial charge is 0.243 e. The third kappa shape index (κ3) is 4.94. The molecule has 8 heteroatoms. The number of hydrogen-bond donors (Lipinski definition) is 1. The quantitative estimate of drug-likeness (QED) is 0.799. The van der Waals surface area contributed by atoms with Gasteiger partial charge in [0.25, 0.3) is 0 Å². The number of hydrogen-bond acceptors (Lipinski definition) is 3. The van der Waals surface area contributed by atoms with Gasteiger partial charge in [-0.1, -0.05) is 12.1 Å². The molecule has 28 heavy (non-hydrogen) atoms. The van der Waals surface area contributed by atoms with Crippen molar-refractivity contribution in [3.8, 4) is 0 Å². The Hall–Kier alpha value is -2.32. The van der Waals surface area contributed by atoms with Crippen LogP contribution in [-0.4, -0.2) is 38.3 Å². The lowest BCUT2D eigenvalue weighted by Crippen LogP contribution is -2.45. The van der Waals surface area contributed by atoms with Crippen LogP contribution >= 0.6 is 0 Å². The summed E-state index contributed by atoms with van der Waals surface area (Å²) in [6.45, 7) is 0.766. The fourth-order valence-corrected chi connectivity index (χ4v) is 4.82. The first-order valence-corrected chi connectivity index (χ1v) is 10.6. The molecule has 2 aromatic rings. The van der Waals surface area contributed by atoms with Gasteiger partial charge in [0.2, 0.25) is 15.9 Å². The van der Waals surface area contributed by atoms with Crippen molar-refractivity contribution in [3.63, 3.8) is 0 Å². The maximum atomic E-state index is 13.2. The number of amides is 1. The lowest BCUT2D eigenvalue weighted by Gasteiger charge is -2.31. The summed E-state index contributed by atoms with van der Waals surface area (Å²) in [4.78, 5) is 12.5. The van der Waals surface area contributed by atoms with Crippen LogP contribution in [0.5, 0.6) is 0 Å². The lowest BCUT2D eigenvalue weighted by molar-refractivity contribution is -0.126. The minimum atomic E-state index is -3.77. The van der Waals surface area contributed by atoms with Crippen LogP contribution in [-0.2, 0) is 21.2 Å². The van der Waals surface area contributed by atoms with Gasteiger partial charge in [0.1, 0.15) is 11.6 Å². The number of benzene rings is 2. The van der Waals surface area contributed by atoms with E-state index in [4.69, 9.17) is 0 Å². The number of halogens is 2. The summed E-state index contributed by atoms with van der Waals surface area (Å²) < 4.78 is 53.0. The van der Waals surface area contributed by atoms with Gasteiger partial charge in [-0.2, -0.15) is 4.31 Å². The fourth-order valence-electron chi connectivity index (χ4n) is 3.30. The summed E-state index contributed by atoms with van der Waals surface area (Å²) in [6.07, 6.45) is 1.66. The Morgan fingerprint density at radius 3 is 2.57 bits per heavy atom. The maximum Gasteiger partial charge on any atom is 0.243 e. The highest BCUT2D eigenvalue weighted by Gasteiger charge is 2.33. The molecular weight excluding hydrogens is 386 g/mol. The molecule has 1 atom stereocenters. The van der Waals surface area contributed by atoms with Gasteiger partial charge in [-0.25, -0.2) is 17.2 Å². The van der Waals surface area contributed by atoms with Crippen molar-refractivity contribution in [3.05, 3.63) is 65.7 Å². The molecule has 0 aliphatic carbocycles. The molecule has 1 aliphatic heterocycles. The van der Waals surface area contributed by atoms with Crippen molar-refractivity contribution in [1.82, 2.24) is 9.62 Å². The Labute approximate surface area is 163 Å². The number of nitrogens with one attached hydrogen (secondary N) is 1. The molecule has 150 valence electrons. The van der Waals surface area contributed by atoms with E-state index in [0.29, 0.717) is 32.4 Å². The minimum absolute atomic E-state index is 0.0149. The van der Waals surface area contributed by atoms with Crippen molar-refractivity contribution >= 4 is 15.9 Å². The third-order valence-corrected chi connectivity index (χ3v) is 6.69. The normalized spacial score (nSPS) is 18.0. The highest BCUT2D eigenvalue weighted by molar-refractivity contribution is 7.89. The molecule has 1 aliphatic rings. The van der Waals surface area contributed by atoms with Gasteiger partial charge in [0.05, 0.1) is 10.8 Å². The molecule has 1 unspecified atom stereocenters. The van der Waals surface area contributed by atoms with Crippen LogP contribution in [0.25, 0.3) is 0 Å². The monoisotopic (exact) mass is 408 g/mol. The second kappa shape index (κ2) is 8.79. The van der Waals surface area contributed by atoms with E-state index in [0.717, 1.165) is 17.7 Å². The third-order valence-electron chi connectivity index (χ3n) is 4.81. The molecule has 1 heterocycles. The molecule has 1 amide bonds. The Morgan fingerprint density at radius 2 is 1.86 bits per heavy atom. The van der Waals surface area contributed by atoms with Gasteiger partial charge in [-0.05, 0) is 61.2 Å². The van der Waals surface area contributed by atoms with E-state index in [-0.39, 0.29) is 23.2 Å². The molecular formula is C20H22F2N2O3S. The molecule has 1 saturated heterocycles. The summed E-state index contributed by atoms with van der Waals surface area (Å²) >= 11 is 0. The Morgan fingerprint density at radius 1 is 1.11 bits per heavy atom. The lowest BCUT2D eigenvalue weighted by atomic mass is 9.99. The predicted molar refractivity (Wildman–Crippen MR) is 101 cm³/mol. The van der Waals surface area contributed by atoms with Gasteiger partial charge >= 0.3 is 0 Å². The molecule has 1 fully saturated rings. The number of rotatable bonds is 6. The van der Waals surface area contributed by atoms with Crippen molar-refractivity contribution in [2.24, 2.45) is 5.92 Å². The van der Waals surface area contributed by atoms with Gasteiger partial charge in [0, 0.05) is 19.6 Å². The Kier molecular flexibility index (Phi) is 6.41. The standard InChI is InChI=1S/C20H22F2N2O3S/c21-17-6-8-19(9-7-17)28(26,27)24-12-2-4-16(14-24)20(25)23-11-10-15-3-1-5-18(22)13-15/h1,3,5-9,13,16H,2,4,10-12,14H2,(H,23,25). The van der Waals surface area contributed by atoms with Crippen LogP contribution in [0.2, 0.25) is 0 Å². The summed E-state index contributed by atoms with van der Waals surface area (Å²) in [7, 11) is -3.77. The SMILES string of the molecule is O=C(NCCc1cccc(F)c1)C1CCCN(S(=O)(=O)c2ccc(F)cc2)C1. The van der Waals surface area contributed by atoms with Crippen LogP contribution in [0.15, 0.2) is 53.4 Å². The highest BCUT2D eigenvalue weighted by Crippen LogP contribution is 2.24. The topological polar surface area (TPSA) is 66.5 Å². The molecule has 1 N–H and O–H groups in total. The van der Waals surface area contributed by atoms with E-state index in [1.165, 1.54) is 28.6 Å². The van der Waals surface area contributed by atoms with Crippen molar-refractivity contribution < 1.29 is 22.0 Å². The first-order chi connectivity index (χ1) is 13.4. The zero-order chi connectivity index (χ0) is 20.1. The van der Waals surface area contributed by atoms with E-state index < -0.39 is 21.8 Å². The summed E-state index contributed by atoms with van der Waals surface area (Å²) in [5.41, 5.74) is 0.782. The molecule has 5 nitrogen and oxygen atoms in total. The fraction of sp³-hybridized carbons (Fsp3) is 0.350. The second-order valence-electron chi connectivity index (χ2n) is 6.83. The number of nitrogens with zero attached hydrogens (tertiary/aromatic N) is 1. The molecule has 0 spiro atoms. The number of carbonyl (C=O) groups excluding carboxylic acids is 1. The van der Waals surface area contributed by atoms with Crippen molar-refractivity contribution in [2.45, 2.75) is 24.2 Å². The number of piperidine rings is 1. The van der Waals surface area contributed by atoms with Crippen LogP contribution in [0.1, 0.15) is 18.4 Å². The van der Waals surface area contributed by atoms with E-state index in [1.807, 2.05) is 0 Å². The minimum Gasteiger partial charge on any atom is -0.355 e. The first kappa shape index (κ1) is 20.4. The number of sulfonamides is 1. The first-order valence-electron chi connectivity index (χ1n) is 9.14. The second-order valence-corrected chi connectivity index (χ2v) is 8.77. The predicted octanol–water partition coefficient (Wildman–Crippen LogP) is 2.72. The van der Waals surface area contributed by atoms with Crippen molar-refractivity contribution in [2.75, 3.05) is 19.6 Å². The van der Waals surface area contributed by atoms with Gasteiger partial charge < -0.3 is 5.32 Å². The summed E-state index contributed by atoms with van der Waals surface area (Å²) in [5.74, 6) is -1.49. The maximum absolute atomic E-state index is 13.2. The van der Waals surface area contributed by atoms with Gasteiger partial charge in [-0.15, -0.1) is 0 Å². The summed E-state index contributed by atoms with van der Waals surface area (Å²) in [6, 6.07) is 10.9. The van der Waals surface area contributed by atoms with Crippen LogP contribution in [0.4, 0.5) is 8.78 Å². The Bertz CT molecular complexity index is 933. The Balaban J connectivity index is 1.57.